The molecule has 0 heterocycles. The predicted octanol–water partition coefficient (Wildman–Crippen LogP) is 6.74. The first-order valence-corrected chi connectivity index (χ1v) is 12.6. The van der Waals surface area contributed by atoms with Crippen LogP contribution in [0.2, 0.25) is 0 Å². The van der Waals surface area contributed by atoms with Gasteiger partial charge in [0.1, 0.15) is 16.7 Å². The topological polar surface area (TPSA) is 76.7 Å². The molecule has 0 spiro atoms. The Kier molecular flexibility index (Phi) is 8.48. The number of nitrogens with one attached hydrogen (secondary N) is 2. The van der Waals surface area contributed by atoms with Gasteiger partial charge in [0.05, 0.1) is 14.2 Å². The summed E-state index contributed by atoms with van der Waals surface area (Å²) >= 11 is 1.43. The van der Waals surface area contributed by atoms with Crippen LogP contribution in [0.5, 0.6) is 11.5 Å². The van der Waals surface area contributed by atoms with Crippen molar-refractivity contribution in [2.45, 2.75) is 17.1 Å². The summed E-state index contributed by atoms with van der Waals surface area (Å²) in [5, 5.41) is 5.41. The minimum absolute atomic E-state index is 0.167. The minimum Gasteiger partial charge on any atom is -0.497 e. The van der Waals surface area contributed by atoms with Gasteiger partial charge >= 0.3 is 0 Å². The van der Waals surface area contributed by atoms with Crippen LogP contribution in [0.25, 0.3) is 0 Å². The molecule has 2 amide bonds. The molecule has 4 rings (SSSR count). The van der Waals surface area contributed by atoms with E-state index < -0.39 is 5.25 Å². The van der Waals surface area contributed by atoms with E-state index in [0.29, 0.717) is 28.4 Å². The van der Waals surface area contributed by atoms with Crippen molar-refractivity contribution in [2.75, 3.05) is 24.9 Å². The van der Waals surface area contributed by atoms with Crippen LogP contribution in [0.4, 0.5) is 11.4 Å². The fraction of sp³-hybridized carbons (Fsp3) is 0.133. The Hall–Kier alpha value is -4.23. The molecule has 0 saturated heterocycles. The Morgan fingerprint density at radius 2 is 1.41 bits per heavy atom. The molecule has 2 N–H and O–H groups in total. The third kappa shape index (κ3) is 6.92. The summed E-state index contributed by atoms with van der Waals surface area (Å²) in [5.74, 6) is 0.825. The molecule has 0 aliphatic heterocycles. The van der Waals surface area contributed by atoms with Crippen LogP contribution in [-0.4, -0.2) is 26.0 Å². The van der Waals surface area contributed by atoms with E-state index in [4.69, 9.17) is 9.47 Å². The Labute approximate surface area is 221 Å². The lowest BCUT2D eigenvalue weighted by Crippen LogP contribution is -2.19. The van der Waals surface area contributed by atoms with Crippen molar-refractivity contribution < 1.29 is 19.1 Å². The minimum atomic E-state index is -0.508. The highest BCUT2D eigenvalue weighted by Crippen LogP contribution is 2.37. The normalized spacial score (nSPS) is 11.3. The number of ether oxygens (including phenoxy) is 2. The van der Waals surface area contributed by atoms with Crippen molar-refractivity contribution >= 4 is 35.0 Å². The SMILES string of the molecule is COc1cc(NC(=O)C(Sc2ccc(NC(=O)c3cccc(C)c3)cc2)c2ccccc2)cc(OC)c1. The molecule has 0 fully saturated rings. The molecule has 1 atom stereocenters. The van der Waals surface area contributed by atoms with Crippen LogP contribution in [-0.2, 0) is 4.79 Å². The van der Waals surface area contributed by atoms with Gasteiger partial charge in [0.2, 0.25) is 5.91 Å². The van der Waals surface area contributed by atoms with E-state index >= 15 is 0 Å². The Balaban J connectivity index is 1.51. The van der Waals surface area contributed by atoms with E-state index in [1.54, 1.807) is 38.5 Å². The summed E-state index contributed by atoms with van der Waals surface area (Å²) in [4.78, 5) is 26.9. The van der Waals surface area contributed by atoms with Crippen molar-refractivity contribution in [1.82, 2.24) is 0 Å². The molecule has 0 bridgehead atoms. The van der Waals surface area contributed by atoms with Gasteiger partial charge in [0.15, 0.2) is 0 Å². The maximum Gasteiger partial charge on any atom is 0.255 e. The van der Waals surface area contributed by atoms with Gasteiger partial charge < -0.3 is 20.1 Å². The molecule has 7 heteroatoms. The van der Waals surface area contributed by atoms with Gasteiger partial charge in [-0.15, -0.1) is 11.8 Å². The third-order valence-corrected chi connectivity index (χ3v) is 6.87. The van der Waals surface area contributed by atoms with Crippen LogP contribution in [0.15, 0.2) is 102 Å². The van der Waals surface area contributed by atoms with Crippen LogP contribution in [0, 0.1) is 6.92 Å². The van der Waals surface area contributed by atoms with Crippen LogP contribution in [0.1, 0.15) is 26.7 Å². The van der Waals surface area contributed by atoms with Gasteiger partial charge in [0, 0.05) is 40.0 Å². The van der Waals surface area contributed by atoms with Crippen molar-refractivity contribution in [3.63, 3.8) is 0 Å². The predicted molar refractivity (Wildman–Crippen MR) is 149 cm³/mol. The number of methoxy groups -OCH3 is 2. The number of anilines is 2. The summed E-state index contributed by atoms with van der Waals surface area (Å²) in [5.41, 5.74) is 3.76. The number of aryl methyl sites for hydroxylation is 1. The molecule has 188 valence electrons. The molecule has 0 aliphatic carbocycles. The second kappa shape index (κ2) is 12.1. The van der Waals surface area contributed by atoms with Gasteiger partial charge in [-0.1, -0.05) is 48.0 Å². The van der Waals surface area contributed by atoms with E-state index in [9.17, 15) is 9.59 Å². The van der Waals surface area contributed by atoms with Crippen LogP contribution >= 0.6 is 11.8 Å². The second-order valence-electron chi connectivity index (χ2n) is 8.35. The van der Waals surface area contributed by atoms with Crippen molar-refractivity contribution in [3.05, 3.63) is 114 Å². The highest BCUT2D eigenvalue weighted by molar-refractivity contribution is 8.00. The van der Waals surface area contributed by atoms with Gasteiger partial charge in [0.25, 0.3) is 5.91 Å². The molecule has 4 aromatic rings. The summed E-state index contributed by atoms with van der Waals surface area (Å²) in [7, 11) is 3.13. The fourth-order valence-electron chi connectivity index (χ4n) is 3.73. The summed E-state index contributed by atoms with van der Waals surface area (Å²) < 4.78 is 10.7. The number of hydrogen-bond acceptors (Lipinski definition) is 5. The standard InChI is InChI=1S/C30H28N2O4S/c1-20-8-7-11-22(16-20)29(33)31-23-12-14-27(15-13-23)37-28(21-9-5-4-6-10-21)30(34)32-24-17-25(35-2)19-26(18-24)36-3/h4-19,28H,1-3H3,(H,31,33)(H,32,34). The Morgan fingerprint density at radius 3 is 2.03 bits per heavy atom. The van der Waals surface area contributed by atoms with E-state index in [2.05, 4.69) is 10.6 Å². The molecule has 37 heavy (non-hydrogen) atoms. The smallest absolute Gasteiger partial charge is 0.255 e. The average Bonchev–Trinajstić information content (AvgIpc) is 2.92. The first kappa shape index (κ1) is 25.9. The largest absolute Gasteiger partial charge is 0.497 e. The molecule has 0 aromatic heterocycles. The first-order valence-electron chi connectivity index (χ1n) is 11.7. The molecule has 0 radical (unpaired) electrons. The zero-order valence-corrected chi connectivity index (χ0v) is 21.7. The van der Waals surface area contributed by atoms with E-state index in [0.717, 1.165) is 16.0 Å². The van der Waals surface area contributed by atoms with Gasteiger partial charge in [-0.3, -0.25) is 9.59 Å². The molecule has 6 nitrogen and oxygen atoms in total. The van der Waals surface area contributed by atoms with Crippen LogP contribution in [0.3, 0.4) is 0 Å². The van der Waals surface area contributed by atoms with Crippen molar-refractivity contribution in [1.29, 1.82) is 0 Å². The zero-order valence-electron chi connectivity index (χ0n) is 20.9. The maximum atomic E-state index is 13.4. The summed E-state index contributed by atoms with van der Waals surface area (Å²) in [6.07, 6.45) is 0. The molecular formula is C30H28N2O4S. The number of carbonyl (C=O) groups excluding carboxylic acids is 2. The van der Waals surface area contributed by atoms with Crippen molar-refractivity contribution in [3.8, 4) is 11.5 Å². The van der Waals surface area contributed by atoms with E-state index in [-0.39, 0.29) is 11.8 Å². The van der Waals surface area contributed by atoms with Gasteiger partial charge in [-0.2, -0.15) is 0 Å². The molecule has 0 saturated carbocycles. The van der Waals surface area contributed by atoms with Gasteiger partial charge in [-0.05, 0) is 48.9 Å². The maximum absolute atomic E-state index is 13.4. The number of hydrogen-bond donors (Lipinski definition) is 2. The second-order valence-corrected chi connectivity index (χ2v) is 9.53. The highest BCUT2D eigenvalue weighted by Gasteiger charge is 2.23. The number of carbonyl (C=O) groups is 2. The number of amides is 2. The molecular weight excluding hydrogens is 484 g/mol. The van der Waals surface area contributed by atoms with Crippen molar-refractivity contribution in [2.24, 2.45) is 0 Å². The third-order valence-electron chi connectivity index (χ3n) is 5.61. The van der Waals surface area contributed by atoms with E-state index in [1.807, 2.05) is 79.7 Å². The van der Waals surface area contributed by atoms with Crippen LogP contribution < -0.4 is 20.1 Å². The lowest BCUT2D eigenvalue weighted by atomic mass is 10.1. The molecule has 1 unspecified atom stereocenters. The summed E-state index contributed by atoms with van der Waals surface area (Å²) in [6, 6.07) is 29.8. The number of benzene rings is 4. The van der Waals surface area contributed by atoms with Gasteiger partial charge in [-0.25, -0.2) is 0 Å². The number of thioether (sulfide) groups is 1. The highest BCUT2D eigenvalue weighted by atomic mass is 32.2. The lowest BCUT2D eigenvalue weighted by molar-refractivity contribution is -0.115. The van der Waals surface area contributed by atoms with E-state index in [1.165, 1.54) is 11.8 Å². The Morgan fingerprint density at radius 1 is 0.730 bits per heavy atom. The monoisotopic (exact) mass is 512 g/mol. The molecule has 0 aliphatic rings. The summed E-state index contributed by atoms with van der Waals surface area (Å²) in [6.45, 7) is 1.95. The quantitative estimate of drug-likeness (QED) is 0.243. The average molecular weight is 513 g/mol. The number of rotatable bonds is 9. The fourth-order valence-corrected chi connectivity index (χ4v) is 4.76. The Bertz CT molecular complexity index is 1350. The molecule has 4 aromatic carbocycles. The first-order chi connectivity index (χ1) is 17.9. The lowest BCUT2D eigenvalue weighted by Gasteiger charge is -2.18. The zero-order chi connectivity index (χ0) is 26.2.